The molecular formula is C13H26. The molecule has 0 saturated carbocycles. The minimum absolute atomic E-state index is 0. The Morgan fingerprint density at radius 1 is 1.08 bits per heavy atom. The molecule has 0 N–H and O–H groups in total. The van der Waals surface area contributed by atoms with E-state index in [9.17, 15) is 0 Å². The van der Waals surface area contributed by atoms with E-state index in [1.807, 2.05) is 13.8 Å². The number of allylic oxidation sites excluding steroid dienone is 4. The third kappa shape index (κ3) is 5.68. The lowest BCUT2D eigenvalue weighted by atomic mass is 9.92. The summed E-state index contributed by atoms with van der Waals surface area (Å²) in [7, 11) is 0. The lowest BCUT2D eigenvalue weighted by molar-refractivity contribution is 0.700. The predicted octanol–water partition coefficient (Wildman–Crippen LogP) is 4.97. The molecule has 1 rings (SSSR count). The summed E-state index contributed by atoms with van der Waals surface area (Å²) in [6, 6.07) is 0. The van der Waals surface area contributed by atoms with Gasteiger partial charge < -0.3 is 0 Å². The molecule has 1 aliphatic carbocycles. The monoisotopic (exact) mass is 182 g/mol. The molecular weight excluding hydrogens is 156 g/mol. The van der Waals surface area contributed by atoms with Gasteiger partial charge in [0.05, 0.1) is 0 Å². The molecule has 0 atom stereocenters. The van der Waals surface area contributed by atoms with Crippen molar-refractivity contribution in [1.82, 2.24) is 0 Å². The molecule has 0 amide bonds. The zero-order valence-corrected chi connectivity index (χ0v) is 9.15. The Morgan fingerprint density at radius 3 is 1.92 bits per heavy atom. The topological polar surface area (TPSA) is 0 Å². The highest BCUT2D eigenvalue weighted by Gasteiger charge is 2.05. The van der Waals surface area contributed by atoms with Crippen molar-refractivity contribution < 1.29 is 0 Å². The average molecular weight is 182 g/mol. The Hall–Kier alpha value is -0.520. The second-order valence-electron chi connectivity index (χ2n) is 3.41. The smallest absolute Gasteiger partial charge is 0.0257 e. The van der Waals surface area contributed by atoms with Gasteiger partial charge in [0, 0.05) is 0 Å². The van der Waals surface area contributed by atoms with Crippen LogP contribution < -0.4 is 0 Å². The highest BCUT2D eigenvalue weighted by molar-refractivity contribution is 5.23. The van der Waals surface area contributed by atoms with Crippen LogP contribution in [0.15, 0.2) is 23.3 Å². The second kappa shape index (κ2) is 8.10. The summed E-state index contributed by atoms with van der Waals surface area (Å²) in [6.45, 7) is 10.7. The first-order valence-corrected chi connectivity index (χ1v) is 5.06. The maximum Gasteiger partial charge on any atom is -0.0257 e. The fraction of sp³-hybridized carbons (Fsp3) is 0.692. The summed E-state index contributed by atoms with van der Waals surface area (Å²) in [4.78, 5) is 0. The van der Waals surface area contributed by atoms with Crippen LogP contribution in [0, 0.1) is 5.92 Å². The van der Waals surface area contributed by atoms with Crippen molar-refractivity contribution in [3.63, 3.8) is 0 Å². The Kier molecular flexibility index (Phi) is 9.33. The largest absolute Gasteiger partial charge is 0.0776 e. The molecule has 0 aromatic carbocycles. The van der Waals surface area contributed by atoms with E-state index in [-0.39, 0.29) is 7.43 Å². The molecule has 0 fully saturated rings. The van der Waals surface area contributed by atoms with Gasteiger partial charge in [0.1, 0.15) is 0 Å². The van der Waals surface area contributed by atoms with Crippen LogP contribution in [0.25, 0.3) is 0 Å². The van der Waals surface area contributed by atoms with Gasteiger partial charge in [-0.05, 0) is 25.7 Å². The van der Waals surface area contributed by atoms with Crippen molar-refractivity contribution in [2.45, 2.75) is 54.9 Å². The lowest BCUT2D eigenvalue weighted by Crippen LogP contribution is -1.97. The maximum atomic E-state index is 2.28. The van der Waals surface area contributed by atoms with Gasteiger partial charge in [0.15, 0.2) is 0 Å². The minimum Gasteiger partial charge on any atom is -0.0776 e. The molecule has 0 saturated heterocycles. The van der Waals surface area contributed by atoms with Gasteiger partial charge in [-0.3, -0.25) is 0 Å². The summed E-state index contributed by atoms with van der Waals surface area (Å²) in [5, 5.41) is 0. The average Bonchev–Trinajstić information content (AvgIpc) is 2.09. The van der Waals surface area contributed by atoms with Crippen LogP contribution in [0.4, 0.5) is 0 Å². The molecule has 0 unspecified atom stereocenters. The predicted molar refractivity (Wildman–Crippen MR) is 64.0 cm³/mol. The molecule has 78 valence electrons. The molecule has 0 aliphatic heterocycles. The van der Waals surface area contributed by atoms with Crippen molar-refractivity contribution >= 4 is 0 Å². The van der Waals surface area contributed by atoms with Gasteiger partial charge in [0.25, 0.3) is 0 Å². The van der Waals surface area contributed by atoms with Crippen LogP contribution in [-0.2, 0) is 0 Å². The fourth-order valence-electron chi connectivity index (χ4n) is 1.24. The van der Waals surface area contributed by atoms with Crippen LogP contribution in [0.5, 0.6) is 0 Å². The highest BCUT2D eigenvalue weighted by Crippen LogP contribution is 2.23. The van der Waals surface area contributed by atoms with E-state index in [4.69, 9.17) is 0 Å². The van der Waals surface area contributed by atoms with E-state index in [0.29, 0.717) is 0 Å². The van der Waals surface area contributed by atoms with Gasteiger partial charge in [-0.25, -0.2) is 0 Å². The van der Waals surface area contributed by atoms with Gasteiger partial charge >= 0.3 is 0 Å². The minimum atomic E-state index is 0. The standard InChI is InChI=1S/C10H16.C2H6.CH4/c1-8(2)10-6-4-9(3)5-7-10;1-2;/h4,6,8H,5,7H2,1-3H3;1-2H3;1H4. The Labute approximate surface area is 84.7 Å². The molecule has 13 heavy (non-hydrogen) atoms. The Morgan fingerprint density at radius 2 is 1.62 bits per heavy atom. The van der Waals surface area contributed by atoms with Gasteiger partial charge in [-0.1, -0.05) is 58.4 Å². The Balaban J connectivity index is 0. The Bertz CT molecular complexity index is 170. The number of hydrogen-bond donors (Lipinski definition) is 0. The van der Waals surface area contributed by atoms with Crippen molar-refractivity contribution in [2.24, 2.45) is 5.92 Å². The molecule has 0 heteroatoms. The molecule has 0 aromatic rings. The van der Waals surface area contributed by atoms with E-state index in [1.165, 1.54) is 18.4 Å². The van der Waals surface area contributed by atoms with Crippen LogP contribution >= 0.6 is 0 Å². The fourth-order valence-corrected chi connectivity index (χ4v) is 1.24. The quantitative estimate of drug-likeness (QED) is 0.537. The third-order valence-corrected chi connectivity index (χ3v) is 2.13. The molecule has 1 aliphatic rings. The van der Waals surface area contributed by atoms with Crippen LogP contribution in [-0.4, -0.2) is 0 Å². The summed E-state index contributed by atoms with van der Waals surface area (Å²) in [6.07, 6.45) is 7.08. The number of rotatable bonds is 1. The maximum absolute atomic E-state index is 2.28. The van der Waals surface area contributed by atoms with Gasteiger partial charge in [0.2, 0.25) is 0 Å². The molecule has 0 heterocycles. The first kappa shape index (κ1) is 15.0. The van der Waals surface area contributed by atoms with E-state index in [0.717, 1.165) is 5.92 Å². The van der Waals surface area contributed by atoms with Crippen molar-refractivity contribution in [3.05, 3.63) is 23.3 Å². The molecule has 0 aromatic heterocycles. The van der Waals surface area contributed by atoms with Crippen LogP contribution in [0.3, 0.4) is 0 Å². The molecule has 0 radical (unpaired) electrons. The highest BCUT2D eigenvalue weighted by atomic mass is 14.1. The van der Waals surface area contributed by atoms with E-state index >= 15 is 0 Å². The summed E-state index contributed by atoms with van der Waals surface area (Å²) in [5.74, 6) is 0.740. The zero-order valence-electron chi connectivity index (χ0n) is 9.15. The number of hydrogen-bond acceptors (Lipinski definition) is 0. The SMILES string of the molecule is C.CC.CC1=CC=C(C(C)C)CC1. The summed E-state index contributed by atoms with van der Waals surface area (Å²) < 4.78 is 0. The van der Waals surface area contributed by atoms with E-state index in [2.05, 4.69) is 32.9 Å². The zero-order chi connectivity index (χ0) is 9.56. The molecule has 0 spiro atoms. The van der Waals surface area contributed by atoms with E-state index < -0.39 is 0 Å². The van der Waals surface area contributed by atoms with Crippen LogP contribution in [0.1, 0.15) is 54.9 Å². The molecule has 0 bridgehead atoms. The van der Waals surface area contributed by atoms with Crippen LogP contribution in [0.2, 0.25) is 0 Å². The molecule has 0 nitrogen and oxygen atoms in total. The normalized spacial score (nSPS) is 14.9. The first-order valence-electron chi connectivity index (χ1n) is 5.06. The van der Waals surface area contributed by atoms with Gasteiger partial charge in [-0.15, -0.1) is 0 Å². The summed E-state index contributed by atoms with van der Waals surface area (Å²) in [5.41, 5.74) is 3.12. The van der Waals surface area contributed by atoms with Crippen molar-refractivity contribution in [2.75, 3.05) is 0 Å². The lowest BCUT2D eigenvalue weighted by Gasteiger charge is -2.14. The first-order chi connectivity index (χ1) is 5.70. The van der Waals surface area contributed by atoms with Crippen molar-refractivity contribution in [3.8, 4) is 0 Å². The third-order valence-electron chi connectivity index (χ3n) is 2.13. The van der Waals surface area contributed by atoms with Crippen molar-refractivity contribution in [1.29, 1.82) is 0 Å². The summed E-state index contributed by atoms with van der Waals surface area (Å²) >= 11 is 0. The van der Waals surface area contributed by atoms with Gasteiger partial charge in [-0.2, -0.15) is 0 Å². The second-order valence-corrected chi connectivity index (χ2v) is 3.41. The van der Waals surface area contributed by atoms with E-state index in [1.54, 1.807) is 5.57 Å².